The van der Waals surface area contributed by atoms with Crippen LogP contribution in [0, 0.1) is 0 Å². The molecule has 1 aliphatic rings. The van der Waals surface area contributed by atoms with E-state index in [0.717, 1.165) is 0 Å². The van der Waals surface area contributed by atoms with E-state index in [1.807, 2.05) is 0 Å². The molecule has 41 heavy (non-hydrogen) atoms. The summed E-state index contributed by atoms with van der Waals surface area (Å²) in [5.41, 5.74) is 10.7. The first kappa shape index (κ1) is 22.8. The Balaban J connectivity index is 1.32. The second-order valence-corrected chi connectivity index (χ2v) is 12.2. The van der Waals surface area contributed by atoms with Crippen molar-refractivity contribution in [2.24, 2.45) is 0 Å². The van der Waals surface area contributed by atoms with Crippen molar-refractivity contribution in [3.05, 3.63) is 145 Å². The summed E-state index contributed by atoms with van der Waals surface area (Å²) < 4.78 is 0. The van der Waals surface area contributed by atoms with Gasteiger partial charge in [-0.15, -0.1) is 0 Å². The SMILES string of the molecule is CC1(C)c2ccccc2-c2c1cc1cc(-c3cc4ccc5cccc6ccc(c3)c4c56)ccc1c2-c1ccccc1. The first-order chi connectivity index (χ1) is 20.1. The Hall–Kier alpha value is -4.94. The number of rotatable bonds is 2. The minimum Gasteiger partial charge on any atom is -0.0622 e. The highest BCUT2D eigenvalue weighted by Gasteiger charge is 2.37. The van der Waals surface area contributed by atoms with Crippen molar-refractivity contribution in [3.8, 4) is 33.4 Å². The summed E-state index contributed by atoms with van der Waals surface area (Å²) >= 11 is 0. The van der Waals surface area contributed by atoms with Gasteiger partial charge in [0.25, 0.3) is 0 Å². The molecule has 0 N–H and O–H groups in total. The molecule has 0 spiro atoms. The summed E-state index contributed by atoms with van der Waals surface area (Å²) in [6.07, 6.45) is 0. The van der Waals surface area contributed by atoms with Crippen molar-refractivity contribution in [3.63, 3.8) is 0 Å². The van der Waals surface area contributed by atoms with Gasteiger partial charge in [0.15, 0.2) is 0 Å². The second kappa shape index (κ2) is 8.05. The minimum absolute atomic E-state index is 0.0592. The van der Waals surface area contributed by atoms with Crippen LogP contribution in [0.3, 0.4) is 0 Å². The van der Waals surface area contributed by atoms with Crippen molar-refractivity contribution in [1.29, 1.82) is 0 Å². The van der Waals surface area contributed by atoms with Gasteiger partial charge in [-0.1, -0.05) is 123 Å². The van der Waals surface area contributed by atoms with Gasteiger partial charge in [-0.25, -0.2) is 0 Å². The van der Waals surface area contributed by atoms with Crippen LogP contribution in [0.25, 0.3) is 76.5 Å². The van der Waals surface area contributed by atoms with Crippen LogP contribution in [0.1, 0.15) is 25.0 Å². The monoisotopic (exact) mass is 520 g/mol. The molecular weight excluding hydrogens is 492 g/mol. The normalized spacial score (nSPS) is 13.8. The van der Waals surface area contributed by atoms with E-state index < -0.39 is 0 Å². The average molecular weight is 521 g/mol. The second-order valence-electron chi connectivity index (χ2n) is 12.2. The maximum absolute atomic E-state index is 2.46. The smallest absolute Gasteiger partial charge is 0.0159 e. The van der Waals surface area contributed by atoms with Crippen LogP contribution in [0.5, 0.6) is 0 Å². The zero-order chi connectivity index (χ0) is 27.3. The third-order valence-corrected chi connectivity index (χ3v) is 9.54. The lowest BCUT2D eigenvalue weighted by atomic mass is 9.80. The molecule has 0 aliphatic heterocycles. The molecule has 0 atom stereocenters. The van der Waals surface area contributed by atoms with Crippen LogP contribution in [0.15, 0.2) is 133 Å². The lowest BCUT2D eigenvalue weighted by molar-refractivity contribution is 0.661. The standard InChI is InChI=1S/C41H28/c1-41(2)35-14-7-6-13-34(35)40-36(41)24-32-21-28(19-20-33(32)39(40)25-9-4-3-5-10-25)31-22-29-17-15-26-11-8-12-27-16-18-30(23-31)38(29)37(26)27/h3-24H,1-2H3. The van der Waals surface area contributed by atoms with E-state index in [0.29, 0.717) is 0 Å². The summed E-state index contributed by atoms with van der Waals surface area (Å²) in [7, 11) is 0. The first-order valence-electron chi connectivity index (χ1n) is 14.5. The Bertz CT molecular complexity index is 2250. The summed E-state index contributed by atoms with van der Waals surface area (Å²) in [6.45, 7) is 4.75. The quantitative estimate of drug-likeness (QED) is 0.199. The Morgan fingerprint density at radius 2 is 1.02 bits per heavy atom. The van der Waals surface area contributed by atoms with Gasteiger partial charge in [0, 0.05) is 5.41 Å². The molecule has 0 fully saturated rings. The predicted molar refractivity (Wildman–Crippen MR) is 176 cm³/mol. The number of hydrogen-bond acceptors (Lipinski definition) is 0. The van der Waals surface area contributed by atoms with Crippen molar-refractivity contribution in [1.82, 2.24) is 0 Å². The third kappa shape index (κ3) is 3.11. The molecular formula is C41H28. The molecule has 0 nitrogen and oxygen atoms in total. The summed E-state index contributed by atoms with van der Waals surface area (Å²) in [4.78, 5) is 0. The van der Waals surface area contributed by atoms with Gasteiger partial charge in [0.2, 0.25) is 0 Å². The molecule has 1 aliphatic carbocycles. The van der Waals surface area contributed by atoms with E-state index in [9.17, 15) is 0 Å². The Morgan fingerprint density at radius 3 is 1.78 bits per heavy atom. The minimum atomic E-state index is -0.0592. The molecule has 8 aromatic carbocycles. The van der Waals surface area contributed by atoms with Gasteiger partial charge in [-0.2, -0.15) is 0 Å². The molecule has 192 valence electrons. The van der Waals surface area contributed by atoms with Crippen LogP contribution in [-0.4, -0.2) is 0 Å². The molecule has 0 radical (unpaired) electrons. The molecule has 0 aromatic heterocycles. The van der Waals surface area contributed by atoms with Crippen molar-refractivity contribution in [2.75, 3.05) is 0 Å². The van der Waals surface area contributed by atoms with Gasteiger partial charge in [0.1, 0.15) is 0 Å². The predicted octanol–water partition coefficient (Wildman–Crippen LogP) is 11.4. The lowest BCUT2D eigenvalue weighted by Gasteiger charge is -2.23. The van der Waals surface area contributed by atoms with Gasteiger partial charge < -0.3 is 0 Å². The zero-order valence-electron chi connectivity index (χ0n) is 23.2. The van der Waals surface area contributed by atoms with Crippen molar-refractivity contribution >= 4 is 43.1 Å². The Morgan fingerprint density at radius 1 is 0.390 bits per heavy atom. The molecule has 0 heteroatoms. The summed E-state index contributed by atoms with van der Waals surface area (Å²) in [5.74, 6) is 0. The molecule has 0 amide bonds. The molecule has 0 unspecified atom stereocenters. The average Bonchev–Trinajstić information content (AvgIpc) is 3.24. The van der Waals surface area contributed by atoms with Crippen LogP contribution in [0.2, 0.25) is 0 Å². The Labute approximate surface area is 239 Å². The third-order valence-electron chi connectivity index (χ3n) is 9.54. The molecule has 0 heterocycles. The van der Waals surface area contributed by atoms with Crippen molar-refractivity contribution in [2.45, 2.75) is 19.3 Å². The van der Waals surface area contributed by atoms with Crippen LogP contribution < -0.4 is 0 Å². The van der Waals surface area contributed by atoms with Gasteiger partial charge in [0.05, 0.1) is 0 Å². The van der Waals surface area contributed by atoms with Crippen molar-refractivity contribution < 1.29 is 0 Å². The molecule has 0 saturated heterocycles. The van der Waals surface area contributed by atoms with Gasteiger partial charge >= 0.3 is 0 Å². The van der Waals surface area contributed by atoms with E-state index in [1.54, 1.807) is 0 Å². The van der Waals surface area contributed by atoms with Crippen LogP contribution in [0.4, 0.5) is 0 Å². The van der Waals surface area contributed by atoms with E-state index in [2.05, 4.69) is 147 Å². The first-order valence-corrected chi connectivity index (χ1v) is 14.5. The molecule has 9 rings (SSSR count). The maximum atomic E-state index is 2.46. The highest BCUT2D eigenvalue weighted by Crippen LogP contribution is 2.54. The number of hydrogen-bond donors (Lipinski definition) is 0. The summed E-state index contributed by atoms with van der Waals surface area (Å²) in [6, 6.07) is 49.9. The lowest BCUT2D eigenvalue weighted by Crippen LogP contribution is -2.14. The number of fused-ring (bicyclic) bond motifs is 4. The van der Waals surface area contributed by atoms with Crippen LogP contribution >= 0.6 is 0 Å². The Kier molecular flexibility index (Phi) is 4.49. The van der Waals surface area contributed by atoms with E-state index >= 15 is 0 Å². The molecule has 0 bridgehead atoms. The van der Waals surface area contributed by atoms with E-state index in [-0.39, 0.29) is 5.41 Å². The largest absolute Gasteiger partial charge is 0.0622 e. The summed E-state index contributed by atoms with van der Waals surface area (Å²) in [5, 5.41) is 10.6. The van der Waals surface area contributed by atoms with Crippen LogP contribution in [-0.2, 0) is 5.41 Å². The fourth-order valence-electron chi connectivity index (χ4n) is 7.58. The fraction of sp³-hybridized carbons (Fsp3) is 0.0732. The van der Waals surface area contributed by atoms with E-state index in [1.165, 1.54) is 87.6 Å². The number of benzene rings is 8. The maximum Gasteiger partial charge on any atom is 0.0159 e. The molecule has 8 aromatic rings. The fourth-order valence-corrected chi connectivity index (χ4v) is 7.58. The molecule has 0 saturated carbocycles. The topological polar surface area (TPSA) is 0 Å². The highest BCUT2D eigenvalue weighted by atomic mass is 14.4. The van der Waals surface area contributed by atoms with Gasteiger partial charge in [-0.05, 0) is 112 Å². The highest BCUT2D eigenvalue weighted by molar-refractivity contribution is 6.23. The van der Waals surface area contributed by atoms with E-state index in [4.69, 9.17) is 0 Å². The van der Waals surface area contributed by atoms with Gasteiger partial charge in [-0.3, -0.25) is 0 Å². The zero-order valence-corrected chi connectivity index (χ0v) is 23.2.